The van der Waals surface area contributed by atoms with E-state index in [4.69, 9.17) is 0 Å². The van der Waals surface area contributed by atoms with E-state index in [0.29, 0.717) is 23.7 Å². The van der Waals surface area contributed by atoms with Gasteiger partial charge in [-0.2, -0.15) is 0 Å². The second-order valence-corrected chi connectivity index (χ2v) is 6.90. The highest BCUT2D eigenvalue weighted by Gasteiger charge is 2.27. The standard InChI is InChI=1S/C18H22N6O/c1-11(2)17-22-21-15-10-23(8-9-24(15)17)12(3)16-19-14-7-5-4-6-13(14)18(25)20-16/h4-7,11-12H,8-10H2,1-3H3,(H,19,20,25)/t12-/m0/s1. The molecule has 1 aliphatic heterocycles. The lowest BCUT2D eigenvalue weighted by Gasteiger charge is -2.32. The van der Waals surface area contributed by atoms with Crippen molar-refractivity contribution in [1.29, 1.82) is 0 Å². The Morgan fingerprint density at radius 3 is 2.72 bits per heavy atom. The molecule has 0 aliphatic carbocycles. The fourth-order valence-electron chi connectivity index (χ4n) is 3.43. The number of fused-ring (bicyclic) bond motifs is 2. The average Bonchev–Trinajstić information content (AvgIpc) is 3.04. The summed E-state index contributed by atoms with van der Waals surface area (Å²) in [7, 11) is 0. The fraction of sp³-hybridized carbons (Fsp3) is 0.444. The number of hydrogen-bond acceptors (Lipinski definition) is 5. The molecule has 7 heteroatoms. The van der Waals surface area contributed by atoms with Crippen LogP contribution in [0.4, 0.5) is 0 Å². The SMILES string of the molecule is CC(C)c1nnc2n1CCN([C@@H](C)c1nc3ccccc3c(=O)[nH]1)C2. The monoisotopic (exact) mass is 338 g/mol. The average molecular weight is 338 g/mol. The van der Waals surface area contributed by atoms with Gasteiger partial charge in [0.15, 0.2) is 0 Å². The molecule has 1 atom stereocenters. The molecule has 0 unspecified atom stereocenters. The van der Waals surface area contributed by atoms with E-state index >= 15 is 0 Å². The van der Waals surface area contributed by atoms with Crippen LogP contribution in [0.15, 0.2) is 29.1 Å². The highest BCUT2D eigenvalue weighted by molar-refractivity contribution is 5.77. The first-order valence-corrected chi connectivity index (χ1v) is 8.69. The maximum absolute atomic E-state index is 12.3. The van der Waals surface area contributed by atoms with Crippen molar-refractivity contribution >= 4 is 10.9 Å². The predicted molar refractivity (Wildman–Crippen MR) is 95.3 cm³/mol. The van der Waals surface area contributed by atoms with E-state index in [1.54, 1.807) is 6.07 Å². The molecular formula is C18H22N6O. The largest absolute Gasteiger partial charge is 0.312 e. The Balaban J connectivity index is 1.63. The third-order valence-corrected chi connectivity index (χ3v) is 4.90. The van der Waals surface area contributed by atoms with Crippen molar-refractivity contribution in [2.75, 3.05) is 6.54 Å². The summed E-state index contributed by atoms with van der Waals surface area (Å²) in [6.07, 6.45) is 0. The number of aromatic nitrogens is 5. The number of para-hydroxylation sites is 1. The quantitative estimate of drug-likeness (QED) is 0.792. The summed E-state index contributed by atoms with van der Waals surface area (Å²) in [5.41, 5.74) is 0.644. The summed E-state index contributed by atoms with van der Waals surface area (Å²) in [6.45, 7) is 8.78. The first-order valence-electron chi connectivity index (χ1n) is 8.69. The number of hydrogen-bond donors (Lipinski definition) is 1. The summed E-state index contributed by atoms with van der Waals surface area (Å²) in [5.74, 6) is 3.08. The lowest BCUT2D eigenvalue weighted by molar-refractivity contribution is 0.156. The van der Waals surface area contributed by atoms with Crippen LogP contribution in [0.5, 0.6) is 0 Å². The maximum Gasteiger partial charge on any atom is 0.258 e. The zero-order valence-corrected chi connectivity index (χ0v) is 14.7. The first kappa shape index (κ1) is 16.0. The van der Waals surface area contributed by atoms with Gasteiger partial charge in [-0.15, -0.1) is 10.2 Å². The van der Waals surface area contributed by atoms with Crippen molar-refractivity contribution in [3.63, 3.8) is 0 Å². The van der Waals surface area contributed by atoms with Gasteiger partial charge in [0.1, 0.15) is 17.5 Å². The minimum Gasteiger partial charge on any atom is -0.312 e. The molecule has 2 aromatic heterocycles. The highest BCUT2D eigenvalue weighted by Crippen LogP contribution is 2.24. The Morgan fingerprint density at radius 1 is 1.12 bits per heavy atom. The molecule has 1 aliphatic rings. The van der Waals surface area contributed by atoms with Crippen molar-refractivity contribution < 1.29 is 0 Å². The van der Waals surface area contributed by atoms with Crippen molar-refractivity contribution in [2.24, 2.45) is 0 Å². The van der Waals surface area contributed by atoms with Gasteiger partial charge in [0.05, 0.1) is 23.5 Å². The smallest absolute Gasteiger partial charge is 0.258 e. The molecule has 3 heterocycles. The molecule has 7 nitrogen and oxygen atoms in total. The van der Waals surface area contributed by atoms with Gasteiger partial charge < -0.3 is 9.55 Å². The Bertz CT molecular complexity index is 973. The predicted octanol–water partition coefficient (Wildman–Crippen LogP) is 2.21. The van der Waals surface area contributed by atoms with E-state index in [1.807, 2.05) is 18.2 Å². The first-order chi connectivity index (χ1) is 12.0. The number of rotatable bonds is 3. The van der Waals surface area contributed by atoms with Crippen LogP contribution in [0, 0.1) is 0 Å². The number of nitrogens with one attached hydrogen (secondary N) is 1. The maximum atomic E-state index is 12.3. The molecule has 0 bridgehead atoms. The third kappa shape index (κ3) is 2.74. The molecular weight excluding hydrogens is 316 g/mol. The molecule has 0 amide bonds. The number of nitrogens with zero attached hydrogens (tertiary/aromatic N) is 5. The molecule has 1 aromatic carbocycles. The molecule has 0 saturated heterocycles. The Labute approximate surface area is 145 Å². The van der Waals surface area contributed by atoms with Crippen LogP contribution in [0.1, 0.15) is 50.2 Å². The molecule has 130 valence electrons. The topological polar surface area (TPSA) is 79.7 Å². The molecule has 0 spiro atoms. The molecule has 0 fully saturated rings. The summed E-state index contributed by atoms with van der Waals surface area (Å²) in [6, 6.07) is 7.44. The van der Waals surface area contributed by atoms with Crippen LogP contribution in [0.3, 0.4) is 0 Å². The van der Waals surface area contributed by atoms with Gasteiger partial charge in [-0.3, -0.25) is 9.69 Å². The summed E-state index contributed by atoms with van der Waals surface area (Å²) < 4.78 is 2.21. The van der Waals surface area contributed by atoms with Crippen LogP contribution in [-0.2, 0) is 13.1 Å². The van der Waals surface area contributed by atoms with E-state index in [-0.39, 0.29) is 11.6 Å². The summed E-state index contributed by atoms with van der Waals surface area (Å²) >= 11 is 0. The van der Waals surface area contributed by atoms with Gasteiger partial charge in [0, 0.05) is 19.0 Å². The van der Waals surface area contributed by atoms with Crippen LogP contribution in [-0.4, -0.2) is 36.2 Å². The van der Waals surface area contributed by atoms with E-state index < -0.39 is 0 Å². The van der Waals surface area contributed by atoms with E-state index in [0.717, 1.165) is 30.3 Å². The molecule has 0 radical (unpaired) electrons. The molecule has 0 saturated carbocycles. The summed E-state index contributed by atoms with van der Waals surface area (Å²) in [5, 5.41) is 9.31. The van der Waals surface area contributed by atoms with Crippen LogP contribution < -0.4 is 5.56 Å². The van der Waals surface area contributed by atoms with Gasteiger partial charge in [0.25, 0.3) is 5.56 Å². The number of aromatic amines is 1. The van der Waals surface area contributed by atoms with Crippen LogP contribution in [0.25, 0.3) is 10.9 Å². The molecule has 3 aromatic rings. The Hall–Kier alpha value is -2.54. The molecule has 25 heavy (non-hydrogen) atoms. The second-order valence-electron chi connectivity index (χ2n) is 6.90. The normalized spacial score (nSPS) is 16.3. The van der Waals surface area contributed by atoms with Crippen molar-refractivity contribution in [3.05, 3.63) is 52.1 Å². The number of benzene rings is 1. The zero-order valence-electron chi connectivity index (χ0n) is 14.7. The summed E-state index contributed by atoms with van der Waals surface area (Å²) in [4.78, 5) is 22.2. The lowest BCUT2D eigenvalue weighted by Crippen LogP contribution is -2.37. The highest BCUT2D eigenvalue weighted by atomic mass is 16.1. The Kier molecular flexibility index (Phi) is 3.88. The van der Waals surface area contributed by atoms with Crippen molar-refractivity contribution in [2.45, 2.75) is 45.8 Å². The third-order valence-electron chi connectivity index (χ3n) is 4.90. The number of H-pyrrole nitrogens is 1. The van der Waals surface area contributed by atoms with Gasteiger partial charge in [-0.05, 0) is 19.1 Å². The lowest BCUT2D eigenvalue weighted by atomic mass is 10.2. The van der Waals surface area contributed by atoms with E-state index in [2.05, 4.69) is 50.4 Å². The second kappa shape index (κ2) is 6.07. The van der Waals surface area contributed by atoms with E-state index in [1.165, 1.54) is 0 Å². The van der Waals surface area contributed by atoms with Gasteiger partial charge in [-0.25, -0.2) is 4.98 Å². The van der Waals surface area contributed by atoms with Gasteiger partial charge >= 0.3 is 0 Å². The fourth-order valence-corrected chi connectivity index (χ4v) is 3.43. The van der Waals surface area contributed by atoms with Gasteiger partial charge in [-0.1, -0.05) is 26.0 Å². The molecule has 4 rings (SSSR count). The molecule has 1 N–H and O–H groups in total. The van der Waals surface area contributed by atoms with Crippen molar-refractivity contribution in [3.8, 4) is 0 Å². The van der Waals surface area contributed by atoms with Gasteiger partial charge in [0.2, 0.25) is 0 Å². The zero-order chi connectivity index (χ0) is 17.6. The van der Waals surface area contributed by atoms with Crippen molar-refractivity contribution in [1.82, 2.24) is 29.6 Å². The van der Waals surface area contributed by atoms with Crippen LogP contribution in [0.2, 0.25) is 0 Å². The minimum atomic E-state index is -0.0882. The minimum absolute atomic E-state index is 0.00487. The Morgan fingerprint density at radius 2 is 1.92 bits per heavy atom. The van der Waals surface area contributed by atoms with E-state index in [9.17, 15) is 4.79 Å². The van der Waals surface area contributed by atoms with Crippen LogP contribution >= 0.6 is 0 Å².